The molecule has 1 aliphatic rings. The Kier molecular flexibility index (Phi) is 4.15. The Labute approximate surface area is 102 Å². The number of rotatable bonds is 1. The van der Waals surface area contributed by atoms with Crippen LogP contribution in [-0.4, -0.2) is 23.7 Å². The van der Waals surface area contributed by atoms with Crippen LogP contribution < -0.4 is 5.32 Å². The highest BCUT2D eigenvalue weighted by Gasteiger charge is 2.19. The third-order valence-electron chi connectivity index (χ3n) is 3.35. The number of nitrogens with one attached hydrogen (secondary N) is 1. The normalized spacial score (nSPS) is 21.5. The van der Waals surface area contributed by atoms with Crippen molar-refractivity contribution in [2.24, 2.45) is 0 Å². The largest absolute Gasteiger partial charge is 0.480 e. The van der Waals surface area contributed by atoms with Crippen LogP contribution in [0.25, 0.3) is 0 Å². The van der Waals surface area contributed by atoms with Gasteiger partial charge in [0, 0.05) is 0 Å². The molecular weight excluding hydrogens is 214 g/mol. The lowest BCUT2D eigenvalue weighted by molar-refractivity contribution is -0.139. The van der Waals surface area contributed by atoms with E-state index < -0.39 is 12.0 Å². The van der Waals surface area contributed by atoms with Crippen molar-refractivity contribution in [1.29, 1.82) is 0 Å². The summed E-state index contributed by atoms with van der Waals surface area (Å²) in [4.78, 5) is 11.2. The van der Waals surface area contributed by atoms with Crippen molar-refractivity contribution < 1.29 is 9.90 Å². The van der Waals surface area contributed by atoms with Gasteiger partial charge < -0.3 is 10.4 Å². The average Bonchev–Trinajstić information content (AvgIpc) is 2.34. The number of carbonyl (C=O) groups is 1. The van der Waals surface area contributed by atoms with Crippen LogP contribution in [0.15, 0.2) is 24.3 Å². The minimum atomic E-state index is -0.750. The Bertz CT molecular complexity index is 390. The van der Waals surface area contributed by atoms with Crippen molar-refractivity contribution in [1.82, 2.24) is 5.32 Å². The maximum absolute atomic E-state index is 11.2. The predicted octanol–water partition coefficient (Wildman–Crippen LogP) is 2.00. The summed E-state index contributed by atoms with van der Waals surface area (Å²) in [6, 6.07) is 7.75. The molecule has 3 heteroatoms. The van der Waals surface area contributed by atoms with Crippen molar-refractivity contribution in [3.8, 4) is 0 Å². The van der Waals surface area contributed by atoms with E-state index in [2.05, 4.69) is 17.4 Å². The molecule has 3 nitrogen and oxygen atoms in total. The third-order valence-corrected chi connectivity index (χ3v) is 3.35. The van der Waals surface area contributed by atoms with Crippen molar-refractivity contribution in [3.63, 3.8) is 0 Å². The molecule has 17 heavy (non-hydrogen) atoms. The molecule has 1 heterocycles. The molecule has 0 fully saturated rings. The van der Waals surface area contributed by atoms with Crippen molar-refractivity contribution in [3.05, 3.63) is 35.4 Å². The number of carboxylic acids is 1. The van der Waals surface area contributed by atoms with Crippen LogP contribution in [0.2, 0.25) is 0 Å². The summed E-state index contributed by atoms with van der Waals surface area (Å²) in [6.07, 6.45) is 5.07. The van der Waals surface area contributed by atoms with E-state index in [1.54, 1.807) is 0 Å². The maximum atomic E-state index is 11.2. The van der Waals surface area contributed by atoms with E-state index in [1.807, 2.05) is 12.1 Å². The predicted molar refractivity (Wildman–Crippen MR) is 67.1 cm³/mol. The summed E-state index contributed by atoms with van der Waals surface area (Å²) < 4.78 is 0. The van der Waals surface area contributed by atoms with Gasteiger partial charge in [0.15, 0.2) is 0 Å². The highest BCUT2D eigenvalue weighted by atomic mass is 16.4. The first kappa shape index (κ1) is 12.1. The molecule has 0 saturated heterocycles. The van der Waals surface area contributed by atoms with Crippen LogP contribution in [0.4, 0.5) is 0 Å². The molecule has 0 amide bonds. The number of hydrogen-bond acceptors (Lipinski definition) is 2. The zero-order chi connectivity index (χ0) is 12.1. The SMILES string of the molecule is O=C(O)C1Cc2ccccc2CCCCCN1. The molecule has 2 N–H and O–H groups in total. The first-order valence-corrected chi connectivity index (χ1v) is 6.30. The lowest BCUT2D eigenvalue weighted by Crippen LogP contribution is -2.39. The molecule has 0 saturated carbocycles. The minimum absolute atomic E-state index is 0.450. The molecular formula is C14H19NO2. The highest BCUT2D eigenvalue weighted by molar-refractivity contribution is 5.74. The van der Waals surface area contributed by atoms with Crippen molar-refractivity contribution >= 4 is 5.97 Å². The fourth-order valence-electron chi connectivity index (χ4n) is 2.36. The molecule has 0 bridgehead atoms. The van der Waals surface area contributed by atoms with Gasteiger partial charge in [0.2, 0.25) is 0 Å². The zero-order valence-electron chi connectivity index (χ0n) is 9.98. The molecule has 0 aromatic heterocycles. The minimum Gasteiger partial charge on any atom is -0.480 e. The van der Waals surface area contributed by atoms with Gasteiger partial charge in [-0.25, -0.2) is 0 Å². The van der Waals surface area contributed by atoms with Crippen LogP contribution in [0.3, 0.4) is 0 Å². The van der Waals surface area contributed by atoms with Gasteiger partial charge in [-0.3, -0.25) is 4.79 Å². The number of benzene rings is 1. The van der Waals surface area contributed by atoms with Gasteiger partial charge in [-0.1, -0.05) is 30.7 Å². The van der Waals surface area contributed by atoms with Gasteiger partial charge in [-0.2, -0.15) is 0 Å². The van der Waals surface area contributed by atoms with Crippen LogP contribution >= 0.6 is 0 Å². The summed E-state index contributed by atoms with van der Waals surface area (Å²) in [5.41, 5.74) is 2.48. The van der Waals surface area contributed by atoms with Crippen LogP contribution in [-0.2, 0) is 17.6 Å². The summed E-state index contributed by atoms with van der Waals surface area (Å²) in [5.74, 6) is -0.750. The number of aryl methyl sites for hydroxylation is 1. The van der Waals surface area contributed by atoms with Crippen molar-refractivity contribution in [2.45, 2.75) is 38.1 Å². The van der Waals surface area contributed by atoms with E-state index in [4.69, 9.17) is 0 Å². The van der Waals surface area contributed by atoms with Gasteiger partial charge in [-0.15, -0.1) is 0 Å². The van der Waals surface area contributed by atoms with Gasteiger partial charge in [0.05, 0.1) is 0 Å². The zero-order valence-corrected chi connectivity index (χ0v) is 9.98. The standard InChI is InChI=1S/C14H19NO2/c16-14(17)13-10-12-8-4-3-7-11(12)6-2-1-5-9-15-13/h3-4,7-8,13,15H,1-2,5-6,9-10H2,(H,16,17). The van der Waals surface area contributed by atoms with Crippen LogP contribution in [0.1, 0.15) is 30.4 Å². The Morgan fingerprint density at radius 1 is 1.18 bits per heavy atom. The van der Waals surface area contributed by atoms with E-state index in [-0.39, 0.29) is 0 Å². The van der Waals surface area contributed by atoms with E-state index >= 15 is 0 Å². The molecule has 1 atom stereocenters. The Morgan fingerprint density at radius 3 is 2.71 bits per heavy atom. The smallest absolute Gasteiger partial charge is 0.321 e. The molecule has 2 rings (SSSR count). The van der Waals surface area contributed by atoms with Crippen LogP contribution in [0, 0.1) is 0 Å². The number of aliphatic carboxylic acids is 1. The quantitative estimate of drug-likeness (QED) is 0.780. The molecule has 1 aromatic carbocycles. The topological polar surface area (TPSA) is 49.3 Å². The summed E-state index contributed by atoms with van der Waals surface area (Å²) in [6.45, 7) is 0.805. The Morgan fingerprint density at radius 2 is 1.94 bits per heavy atom. The second-order valence-electron chi connectivity index (χ2n) is 4.63. The maximum Gasteiger partial charge on any atom is 0.321 e. The van der Waals surface area contributed by atoms with Crippen molar-refractivity contribution in [2.75, 3.05) is 6.54 Å². The first-order valence-electron chi connectivity index (χ1n) is 6.30. The van der Waals surface area contributed by atoms with E-state index in [9.17, 15) is 9.90 Å². The Hall–Kier alpha value is -1.35. The number of hydrogen-bond donors (Lipinski definition) is 2. The van der Waals surface area contributed by atoms with Gasteiger partial charge in [0.25, 0.3) is 0 Å². The fraction of sp³-hybridized carbons (Fsp3) is 0.500. The second kappa shape index (κ2) is 5.82. The highest BCUT2D eigenvalue weighted by Crippen LogP contribution is 2.16. The third kappa shape index (κ3) is 3.30. The van der Waals surface area contributed by atoms with Gasteiger partial charge >= 0.3 is 5.97 Å². The monoisotopic (exact) mass is 233 g/mol. The van der Waals surface area contributed by atoms with E-state index in [0.29, 0.717) is 6.42 Å². The van der Waals surface area contributed by atoms with Crippen LogP contribution in [0.5, 0.6) is 0 Å². The molecule has 1 aliphatic heterocycles. The van der Waals surface area contributed by atoms with E-state index in [1.165, 1.54) is 17.5 Å². The molecule has 0 aliphatic carbocycles. The molecule has 1 unspecified atom stereocenters. The van der Waals surface area contributed by atoms with E-state index in [0.717, 1.165) is 25.8 Å². The first-order chi connectivity index (χ1) is 8.27. The van der Waals surface area contributed by atoms with Gasteiger partial charge in [-0.05, 0) is 43.4 Å². The number of fused-ring (bicyclic) bond motifs is 1. The lowest BCUT2D eigenvalue weighted by atomic mass is 9.95. The molecule has 92 valence electrons. The molecule has 0 spiro atoms. The molecule has 1 aromatic rings. The number of carboxylic acid groups (broad SMARTS) is 1. The fourth-order valence-corrected chi connectivity index (χ4v) is 2.36. The summed E-state index contributed by atoms with van der Waals surface area (Å²) >= 11 is 0. The lowest BCUT2D eigenvalue weighted by Gasteiger charge is -2.18. The summed E-state index contributed by atoms with van der Waals surface area (Å²) in [5, 5.41) is 12.3. The second-order valence-corrected chi connectivity index (χ2v) is 4.63. The molecule has 0 radical (unpaired) electrons. The van der Waals surface area contributed by atoms with Gasteiger partial charge in [0.1, 0.15) is 6.04 Å². The summed E-state index contributed by atoms with van der Waals surface area (Å²) in [7, 11) is 0. The Balaban J connectivity index is 2.21. The average molecular weight is 233 g/mol.